The van der Waals surface area contributed by atoms with Gasteiger partial charge in [-0.3, -0.25) is 4.79 Å². The number of carbonyl (C=O) groups is 2. The second-order valence-electron chi connectivity index (χ2n) is 5.94. The molecular weight excluding hydrogens is 320 g/mol. The molecule has 130 valence electrons. The molecule has 0 saturated carbocycles. The van der Waals surface area contributed by atoms with Crippen molar-refractivity contribution in [1.29, 1.82) is 0 Å². The van der Waals surface area contributed by atoms with Crippen LogP contribution in [0.1, 0.15) is 45.6 Å². The number of hydrogen-bond donors (Lipinski definition) is 1. The molecule has 3 heterocycles. The molecule has 0 bridgehead atoms. The van der Waals surface area contributed by atoms with Gasteiger partial charge in [-0.1, -0.05) is 0 Å². The Bertz CT molecular complexity index is 925. The van der Waals surface area contributed by atoms with Crippen molar-refractivity contribution in [2.75, 3.05) is 11.9 Å². The number of carbonyl (C=O) groups excluding carboxylic acids is 2. The number of nitrogens with zero attached hydrogens (tertiary/aromatic N) is 3. The maximum atomic E-state index is 12.3. The fourth-order valence-electron chi connectivity index (χ4n) is 3.05. The first-order chi connectivity index (χ1) is 11.8. The lowest BCUT2D eigenvalue weighted by Crippen LogP contribution is -2.07. The van der Waals surface area contributed by atoms with Crippen molar-refractivity contribution in [3.8, 4) is 0 Å². The second kappa shape index (κ2) is 6.16. The summed E-state index contributed by atoms with van der Waals surface area (Å²) in [6, 6.07) is 0. The lowest BCUT2D eigenvalue weighted by molar-refractivity contribution is -0.110. The third-order valence-electron chi connectivity index (χ3n) is 4.42. The fourth-order valence-corrected chi connectivity index (χ4v) is 3.05. The topological polar surface area (TPSA) is 86.1 Å². The highest BCUT2D eigenvalue weighted by Crippen LogP contribution is 2.33. The van der Waals surface area contributed by atoms with Gasteiger partial charge < -0.3 is 14.6 Å². The van der Waals surface area contributed by atoms with Gasteiger partial charge >= 0.3 is 5.97 Å². The smallest absolute Gasteiger partial charge is 0.340 e. The minimum absolute atomic E-state index is 0.231. The standard InChI is InChI=1S/C18H20N4O3/c1-6-25-18(24)15-9(2)14(22(5)10(15)3)7-12-13-8-19-11(4)20-16(13)21-17(12)23/h7-8H,6H2,1-5H3,(H,19,20,21,23). The van der Waals surface area contributed by atoms with Crippen LogP contribution in [-0.4, -0.2) is 33.0 Å². The number of hydrogen-bond acceptors (Lipinski definition) is 5. The van der Waals surface area contributed by atoms with Crippen molar-refractivity contribution in [3.05, 3.63) is 40.1 Å². The molecule has 7 nitrogen and oxygen atoms in total. The Hall–Kier alpha value is -2.96. The lowest BCUT2D eigenvalue weighted by atomic mass is 10.1. The minimum Gasteiger partial charge on any atom is -0.462 e. The molecule has 2 aromatic heterocycles. The largest absolute Gasteiger partial charge is 0.462 e. The van der Waals surface area contributed by atoms with E-state index >= 15 is 0 Å². The van der Waals surface area contributed by atoms with Gasteiger partial charge in [0.05, 0.1) is 17.7 Å². The molecule has 2 aromatic rings. The Morgan fingerprint density at radius 1 is 1.36 bits per heavy atom. The van der Waals surface area contributed by atoms with E-state index in [0.29, 0.717) is 34.9 Å². The average Bonchev–Trinajstić information content (AvgIpc) is 2.96. The average molecular weight is 340 g/mol. The Kier molecular flexibility index (Phi) is 4.16. The number of anilines is 1. The van der Waals surface area contributed by atoms with Crippen molar-refractivity contribution in [1.82, 2.24) is 14.5 Å². The van der Waals surface area contributed by atoms with Gasteiger partial charge in [-0.05, 0) is 39.3 Å². The molecule has 1 amide bonds. The van der Waals surface area contributed by atoms with E-state index in [-0.39, 0.29) is 11.9 Å². The van der Waals surface area contributed by atoms with Crippen molar-refractivity contribution in [3.63, 3.8) is 0 Å². The molecule has 7 heteroatoms. The van der Waals surface area contributed by atoms with Gasteiger partial charge in [-0.2, -0.15) is 0 Å². The number of aryl methyl sites for hydroxylation is 1. The predicted molar refractivity (Wildman–Crippen MR) is 94.1 cm³/mol. The first-order valence-corrected chi connectivity index (χ1v) is 8.05. The number of esters is 1. The second-order valence-corrected chi connectivity index (χ2v) is 5.94. The van der Waals surface area contributed by atoms with Crippen LogP contribution in [0, 0.1) is 20.8 Å². The molecule has 25 heavy (non-hydrogen) atoms. The van der Waals surface area contributed by atoms with E-state index in [2.05, 4.69) is 15.3 Å². The van der Waals surface area contributed by atoms with E-state index in [9.17, 15) is 9.59 Å². The first kappa shape index (κ1) is 16.9. The van der Waals surface area contributed by atoms with Gasteiger partial charge in [0.15, 0.2) is 0 Å². The lowest BCUT2D eigenvalue weighted by Gasteiger charge is -2.03. The number of fused-ring (bicyclic) bond motifs is 1. The molecule has 1 aliphatic heterocycles. The number of ether oxygens (including phenoxy) is 1. The normalized spacial score (nSPS) is 14.6. The summed E-state index contributed by atoms with van der Waals surface area (Å²) in [5, 5.41) is 2.75. The molecule has 0 saturated heterocycles. The Labute approximate surface area is 145 Å². The van der Waals surface area contributed by atoms with Gasteiger partial charge in [-0.25, -0.2) is 14.8 Å². The summed E-state index contributed by atoms with van der Waals surface area (Å²) in [6.45, 7) is 7.57. The van der Waals surface area contributed by atoms with Crippen molar-refractivity contribution in [2.45, 2.75) is 27.7 Å². The minimum atomic E-state index is -0.354. The molecule has 1 N–H and O–H groups in total. The highest BCUT2D eigenvalue weighted by atomic mass is 16.5. The number of amides is 1. The molecule has 3 rings (SSSR count). The van der Waals surface area contributed by atoms with Crippen LogP contribution >= 0.6 is 0 Å². The third-order valence-corrected chi connectivity index (χ3v) is 4.42. The molecule has 0 fully saturated rings. The molecule has 0 unspecified atom stereocenters. The summed E-state index contributed by atoms with van der Waals surface area (Å²) in [5.41, 5.74) is 4.02. The van der Waals surface area contributed by atoms with Crippen molar-refractivity contribution >= 4 is 29.3 Å². The quantitative estimate of drug-likeness (QED) is 0.685. The summed E-state index contributed by atoms with van der Waals surface area (Å²) in [6.07, 6.45) is 3.41. The maximum Gasteiger partial charge on any atom is 0.340 e. The van der Waals surface area contributed by atoms with E-state index in [4.69, 9.17) is 4.74 Å². The number of rotatable bonds is 3. The van der Waals surface area contributed by atoms with Crippen LogP contribution < -0.4 is 5.32 Å². The summed E-state index contributed by atoms with van der Waals surface area (Å²) >= 11 is 0. The van der Waals surface area contributed by atoms with Crippen molar-refractivity contribution < 1.29 is 14.3 Å². The van der Waals surface area contributed by atoms with Gasteiger partial charge in [0.25, 0.3) is 5.91 Å². The molecule has 0 atom stereocenters. The summed E-state index contributed by atoms with van der Waals surface area (Å²) in [4.78, 5) is 33.0. The summed E-state index contributed by atoms with van der Waals surface area (Å²) < 4.78 is 7.03. The summed E-state index contributed by atoms with van der Waals surface area (Å²) in [7, 11) is 1.86. The van der Waals surface area contributed by atoms with E-state index in [0.717, 1.165) is 17.0 Å². The Morgan fingerprint density at radius 3 is 2.76 bits per heavy atom. The Balaban J connectivity index is 2.13. The molecule has 0 aliphatic carbocycles. The highest BCUT2D eigenvalue weighted by Gasteiger charge is 2.28. The molecular formula is C18H20N4O3. The zero-order valence-corrected chi connectivity index (χ0v) is 14.9. The summed E-state index contributed by atoms with van der Waals surface area (Å²) in [5.74, 6) is 0.521. The van der Waals surface area contributed by atoms with Crippen LogP contribution in [-0.2, 0) is 16.6 Å². The van der Waals surface area contributed by atoms with Crippen molar-refractivity contribution in [2.24, 2.45) is 7.05 Å². The van der Waals surface area contributed by atoms with E-state index in [1.807, 2.05) is 25.5 Å². The van der Waals surface area contributed by atoms with E-state index in [1.54, 1.807) is 26.1 Å². The van der Waals surface area contributed by atoms with E-state index in [1.165, 1.54) is 0 Å². The zero-order chi connectivity index (χ0) is 18.3. The maximum absolute atomic E-state index is 12.3. The van der Waals surface area contributed by atoms with Crippen LogP contribution in [0.2, 0.25) is 0 Å². The van der Waals surface area contributed by atoms with Gasteiger partial charge in [0.2, 0.25) is 0 Å². The third kappa shape index (κ3) is 2.71. The van der Waals surface area contributed by atoms with Crippen LogP contribution in [0.15, 0.2) is 6.20 Å². The molecule has 0 aromatic carbocycles. The van der Waals surface area contributed by atoms with Crippen LogP contribution in [0.25, 0.3) is 11.6 Å². The van der Waals surface area contributed by atoms with E-state index < -0.39 is 0 Å². The fraction of sp³-hybridized carbons (Fsp3) is 0.333. The first-order valence-electron chi connectivity index (χ1n) is 8.05. The predicted octanol–water partition coefficient (Wildman–Crippen LogP) is 2.41. The number of aromatic nitrogens is 3. The monoisotopic (exact) mass is 340 g/mol. The van der Waals surface area contributed by atoms with Crippen LogP contribution in [0.5, 0.6) is 0 Å². The Morgan fingerprint density at radius 2 is 2.08 bits per heavy atom. The van der Waals surface area contributed by atoms with Crippen LogP contribution in [0.3, 0.4) is 0 Å². The molecule has 0 radical (unpaired) electrons. The van der Waals surface area contributed by atoms with Crippen LogP contribution in [0.4, 0.5) is 5.82 Å². The van der Waals surface area contributed by atoms with Gasteiger partial charge in [0.1, 0.15) is 11.6 Å². The van der Waals surface area contributed by atoms with Gasteiger partial charge in [-0.15, -0.1) is 0 Å². The number of nitrogens with one attached hydrogen (secondary N) is 1. The highest BCUT2D eigenvalue weighted by molar-refractivity contribution is 6.34. The SMILES string of the molecule is CCOC(=O)c1c(C)c(C=C2C(=O)Nc3nc(C)ncc32)n(C)c1C. The molecule has 0 spiro atoms. The zero-order valence-electron chi connectivity index (χ0n) is 14.9. The van der Waals surface area contributed by atoms with Gasteiger partial charge in [0, 0.05) is 30.2 Å². The molecule has 1 aliphatic rings.